The van der Waals surface area contributed by atoms with Crippen molar-refractivity contribution in [2.24, 2.45) is 0 Å². The van der Waals surface area contributed by atoms with Crippen molar-refractivity contribution in [3.8, 4) is 5.82 Å². The van der Waals surface area contributed by atoms with Crippen LogP contribution in [0.25, 0.3) is 5.82 Å². The number of aryl methyl sites for hydroxylation is 1. The zero-order valence-electron chi connectivity index (χ0n) is 7.23. The number of hydrogen-bond donors (Lipinski definition) is 1. The summed E-state index contributed by atoms with van der Waals surface area (Å²) in [4.78, 5) is 22.4. The first-order valence-corrected chi connectivity index (χ1v) is 4.18. The number of nitrogens with one attached hydrogen (secondary N) is 1. The molecule has 2 heterocycles. The molecule has 6 nitrogen and oxygen atoms in total. The number of aromatic nitrogens is 5. The van der Waals surface area contributed by atoms with E-state index in [0.29, 0.717) is 11.6 Å². The molecule has 0 fully saturated rings. The Balaban J connectivity index is 2.59. The Bertz CT molecular complexity index is 517. The minimum atomic E-state index is -0.427. The Morgan fingerprint density at radius 2 is 2.21 bits per heavy atom. The van der Waals surface area contributed by atoms with Crippen molar-refractivity contribution >= 4 is 11.6 Å². The number of nitrogens with zero attached hydrogens (tertiary/aromatic N) is 4. The number of rotatable bonds is 1. The Morgan fingerprint density at radius 1 is 1.43 bits per heavy atom. The van der Waals surface area contributed by atoms with Crippen LogP contribution in [-0.4, -0.2) is 24.7 Å². The maximum atomic E-state index is 10.9. The molecular weight excluding hydrogens is 206 g/mol. The van der Waals surface area contributed by atoms with Gasteiger partial charge in [0.15, 0.2) is 5.82 Å². The van der Waals surface area contributed by atoms with Crippen LogP contribution in [0.3, 0.4) is 0 Å². The molecule has 0 aromatic carbocycles. The molecule has 0 spiro atoms. The van der Waals surface area contributed by atoms with E-state index in [2.05, 4.69) is 20.1 Å². The molecule has 2 aromatic heterocycles. The molecule has 2 rings (SSSR count). The average molecular weight is 212 g/mol. The first kappa shape index (κ1) is 8.89. The SMILES string of the molecule is Cc1nc(=O)[nH]n1-c1cncc(Cl)n1. The molecule has 0 atom stereocenters. The van der Waals surface area contributed by atoms with Crippen molar-refractivity contribution in [2.75, 3.05) is 0 Å². The molecule has 0 radical (unpaired) electrons. The molecule has 0 aliphatic rings. The second-order valence-electron chi connectivity index (χ2n) is 2.61. The molecular formula is C7H6ClN5O. The molecule has 0 saturated carbocycles. The number of halogens is 1. The molecule has 7 heteroatoms. The third kappa shape index (κ3) is 1.51. The van der Waals surface area contributed by atoms with E-state index < -0.39 is 5.69 Å². The lowest BCUT2D eigenvalue weighted by atomic mass is 10.6. The van der Waals surface area contributed by atoms with E-state index in [1.807, 2.05) is 0 Å². The largest absolute Gasteiger partial charge is 0.361 e. The third-order valence-corrected chi connectivity index (χ3v) is 1.80. The van der Waals surface area contributed by atoms with Gasteiger partial charge in [0.05, 0.1) is 12.4 Å². The fourth-order valence-electron chi connectivity index (χ4n) is 1.06. The highest BCUT2D eigenvalue weighted by Crippen LogP contribution is 2.06. The number of aromatic amines is 1. The maximum absolute atomic E-state index is 10.9. The van der Waals surface area contributed by atoms with Crippen LogP contribution in [0.2, 0.25) is 5.15 Å². The van der Waals surface area contributed by atoms with Gasteiger partial charge in [-0.25, -0.2) is 19.6 Å². The summed E-state index contributed by atoms with van der Waals surface area (Å²) in [7, 11) is 0. The summed E-state index contributed by atoms with van der Waals surface area (Å²) in [6.07, 6.45) is 2.89. The second-order valence-corrected chi connectivity index (χ2v) is 3.00. The number of hydrogen-bond acceptors (Lipinski definition) is 4. The van der Waals surface area contributed by atoms with Gasteiger partial charge < -0.3 is 0 Å². The van der Waals surface area contributed by atoms with Gasteiger partial charge in [0.1, 0.15) is 11.0 Å². The topological polar surface area (TPSA) is 76.5 Å². The lowest BCUT2D eigenvalue weighted by molar-refractivity contribution is 0.797. The van der Waals surface area contributed by atoms with E-state index in [1.54, 1.807) is 6.92 Å². The third-order valence-electron chi connectivity index (χ3n) is 1.62. The van der Waals surface area contributed by atoms with E-state index >= 15 is 0 Å². The predicted octanol–water partition coefficient (Wildman–Crippen LogP) is 0.312. The van der Waals surface area contributed by atoms with Gasteiger partial charge in [-0.3, -0.25) is 4.98 Å². The van der Waals surface area contributed by atoms with Gasteiger partial charge in [0.25, 0.3) is 0 Å². The summed E-state index contributed by atoms with van der Waals surface area (Å²) in [5, 5.41) is 2.74. The van der Waals surface area contributed by atoms with Gasteiger partial charge in [0, 0.05) is 0 Å². The molecule has 0 bridgehead atoms. The van der Waals surface area contributed by atoms with Crippen LogP contribution in [0.5, 0.6) is 0 Å². The van der Waals surface area contributed by atoms with E-state index in [4.69, 9.17) is 11.6 Å². The fourth-order valence-corrected chi connectivity index (χ4v) is 1.20. The van der Waals surface area contributed by atoms with Crippen LogP contribution in [0.15, 0.2) is 17.2 Å². The standard InChI is InChI=1S/C7H6ClN5O/c1-4-10-7(14)12-13(4)6-3-9-2-5(8)11-6/h2-3H,1H3,(H,12,14). The highest BCUT2D eigenvalue weighted by atomic mass is 35.5. The van der Waals surface area contributed by atoms with Gasteiger partial charge in [-0.1, -0.05) is 11.6 Å². The first-order chi connectivity index (χ1) is 6.66. The Hall–Kier alpha value is -1.69. The summed E-state index contributed by atoms with van der Waals surface area (Å²) >= 11 is 5.65. The Morgan fingerprint density at radius 3 is 2.79 bits per heavy atom. The maximum Gasteiger partial charge on any atom is 0.361 e. The predicted molar refractivity (Wildman–Crippen MR) is 49.5 cm³/mol. The summed E-state index contributed by atoms with van der Waals surface area (Å²) in [6, 6.07) is 0. The van der Waals surface area contributed by atoms with Crippen molar-refractivity contribution < 1.29 is 0 Å². The first-order valence-electron chi connectivity index (χ1n) is 3.80. The average Bonchev–Trinajstić information content (AvgIpc) is 2.45. The van der Waals surface area contributed by atoms with E-state index in [9.17, 15) is 4.79 Å². The summed E-state index contributed by atoms with van der Waals surface area (Å²) in [6.45, 7) is 1.68. The van der Waals surface area contributed by atoms with E-state index in [-0.39, 0.29) is 5.15 Å². The van der Waals surface area contributed by atoms with Gasteiger partial charge in [-0.2, -0.15) is 4.98 Å². The van der Waals surface area contributed by atoms with Crippen molar-refractivity contribution in [2.45, 2.75) is 6.92 Å². The molecule has 0 aliphatic heterocycles. The lowest BCUT2D eigenvalue weighted by Crippen LogP contribution is -2.07. The molecule has 0 aliphatic carbocycles. The van der Waals surface area contributed by atoms with Crippen LogP contribution in [0.1, 0.15) is 5.82 Å². The lowest BCUT2D eigenvalue weighted by Gasteiger charge is -2.01. The quantitative estimate of drug-likeness (QED) is 0.737. The normalized spacial score (nSPS) is 10.4. The summed E-state index contributed by atoms with van der Waals surface area (Å²) in [5.41, 5.74) is -0.427. The highest BCUT2D eigenvalue weighted by molar-refractivity contribution is 6.29. The molecule has 0 saturated heterocycles. The van der Waals surface area contributed by atoms with Crippen molar-refractivity contribution in [3.63, 3.8) is 0 Å². The van der Waals surface area contributed by atoms with Crippen LogP contribution in [0, 0.1) is 6.92 Å². The second kappa shape index (κ2) is 3.22. The van der Waals surface area contributed by atoms with Gasteiger partial charge in [0.2, 0.25) is 0 Å². The molecule has 1 N–H and O–H groups in total. The number of H-pyrrole nitrogens is 1. The van der Waals surface area contributed by atoms with Crippen LogP contribution in [0.4, 0.5) is 0 Å². The monoisotopic (exact) mass is 211 g/mol. The minimum Gasteiger partial charge on any atom is -0.258 e. The minimum absolute atomic E-state index is 0.261. The Kier molecular flexibility index (Phi) is 2.05. The molecule has 0 amide bonds. The zero-order valence-corrected chi connectivity index (χ0v) is 7.99. The van der Waals surface area contributed by atoms with Crippen molar-refractivity contribution in [1.82, 2.24) is 24.7 Å². The molecule has 72 valence electrons. The van der Waals surface area contributed by atoms with Crippen LogP contribution < -0.4 is 5.69 Å². The highest BCUT2D eigenvalue weighted by Gasteiger charge is 2.05. The van der Waals surface area contributed by atoms with Gasteiger partial charge in [-0.05, 0) is 6.92 Å². The van der Waals surface area contributed by atoms with Crippen LogP contribution >= 0.6 is 11.6 Å². The zero-order chi connectivity index (χ0) is 10.1. The molecule has 14 heavy (non-hydrogen) atoms. The summed E-state index contributed by atoms with van der Waals surface area (Å²) in [5.74, 6) is 0.941. The molecule has 0 unspecified atom stereocenters. The molecule has 2 aromatic rings. The van der Waals surface area contributed by atoms with Gasteiger partial charge in [-0.15, -0.1) is 0 Å². The van der Waals surface area contributed by atoms with Crippen molar-refractivity contribution in [1.29, 1.82) is 0 Å². The smallest absolute Gasteiger partial charge is 0.258 e. The van der Waals surface area contributed by atoms with Crippen LogP contribution in [-0.2, 0) is 0 Å². The van der Waals surface area contributed by atoms with Crippen molar-refractivity contribution in [3.05, 3.63) is 33.9 Å². The van der Waals surface area contributed by atoms with E-state index in [1.165, 1.54) is 17.1 Å². The fraction of sp³-hybridized carbons (Fsp3) is 0.143. The summed E-state index contributed by atoms with van der Waals surface area (Å²) < 4.78 is 1.42. The van der Waals surface area contributed by atoms with E-state index in [0.717, 1.165) is 0 Å². The van der Waals surface area contributed by atoms with Gasteiger partial charge >= 0.3 is 5.69 Å². The Labute approximate surface area is 83.6 Å².